The van der Waals surface area contributed by atoms with Crippen molar-refractivity contribution in [3.05, 3.63) is 65.5 Å². The van der Waals surface area contributed by atoms with Gasteiger partial charge in [-0.25, -0.2) is 0 Å². The molecule has 0 unspecified atom stereocenters. The summed E-state index contributed by atoms with van der Waals surface area (Å²) in [6, 6.07) is 16.9. The topological polar surface area (TPSA) is 55.6 Å². The molecule has 1 aliphatic carbocycles. The molecule has 0 saturated heterocycles. The van der Waals surface area contributed by atoms with Crippen LogP contribution >= 0.6 is 0 Å². The molecule has 0 atom stereocenters. The zero-order valence-electron chi connectivity index (χ0n) is 16.3. The zero-order chi connectivity index (χ0) is 18.9. The number of hydrogen-bond acceptors (Lipinski definition) is 4. The van der Waals surface area contributed by atoms with Crippen molar-refractivity contribution in [1.82, 2.24) is 20.2 Å². The van der Waals surface area contributed by atoms with Gasteiger partial charge >= 0.3 is 0 Å². The first-order chi connectivity index (χ1) is 13.1. The summed E-state index contributed by atoms with van der Waals surface area (Å²) in [5.74, 6) is 1.64. The van der Waals surface area contributed by atoms with Gasteiger partial charge in [0.1, 0.15) is 0 Å². The van der Waals surface area contributed by atoms with Crippen LogP contribution in [0.2, 0.25) is 0 Å². The van der Waals surface area contributed by atoms with Crippen molar-refractivity contribution < 1.29 is 0 Å². The normalized spacial score (nSPS) is 22.6. The smallest absolute Gasteiger partial charge is 0.181 e. The highest BCUT2D eigenvalue weighted by Crippen LogP contribution is 2.41. The Morgan fingerprint density at radius 2 is 1.67 bits per heavy atom. The van der Waals surface area contributed by atoms with Gasteiger partial charge < -0.3 is 5.32 Å². The summed E-state index contributed by atoms with van der Waals surface area (Å²) in [6.45, 7) is 6.56. The van der Waals surface area contributed by atoms with Gasteiger partial charge in [-0.2, -0.15) is 4.68 Å². The lowest BCUT2D eigenvalue weighted by atomic mass is 9.76. The molecule has 5 heteroatoms. The predicted molar refractivity (Wildman–Crippen MR) is 108 cm³/mol. The Balaban J connectivity index is 1.79. The molecule has 0 bridgehead atoms. The summed E-state index contributed by atoms with van der Waals surface area (Å²) in [4.78, 5) is 0. The van der Waals surface area contributed by atoms with Gasteiger partial charge in [-0.1, -0.05) is 31.2 Å². The van der Waals surface area contributed by atoms with E-state index in [1.165, 1.54) is 24.0 Å². The van der Waals surface area contributed by atoms with E-state index < -0.39 is 0 Å². The highest BCUT2D eigenvalue weighted by molar-refractivity contribution is 5.47. The Morgan fingerprint density at radius 3 is 2.33 bits per heavy atom. The molecular formula is C22H27N5. The molecular weight excluding hydrogens is 334 g/mol. The fraction of sp³-hybridized carbons (Fsp3) is 0.409. The van der Waals surface area contributed by atoms with E-state index in [1.807, 2.05) is 10.7 Å². The molecule has 1 saturated carbocycles. The maximum atomic E-state index is 4.51. The van der Waals surface area contributed by atoms with Crippen LogP contribution in [0.5, 0.6) is 0 Å². The second-order valence-electron chi connectivity index (χ2n) is 8.02. The van der Waals surface area contributed by atoms with Crippen molar-refractivity contribution in [1.29, 1.82) is 0 Å². The minimum Gasteiger partial charge on any atom is -0.373 e. The summed E-state index contributed by atoms with van der Waals surface area (Å²) >= 11 is 0. The number of aromatic nitrogens is 4. The van der Waals surface area contributed by atoms with Gasteiger partial charge in [0.15, 0.2) is 5.82 Å². The van der Waals surface area contributed by atoms with E-state index in [-0.39, 0.29) is 5.54 Å². The van der Waals surface area contributed by atoms with E-state index in [2.05, 4.69) is 84.1 Å². The minimum atomic E-state index is -0.255. The molecule has 1 N–H and O–H groups in total. The van der Waals surface area contributed by atoms with Crippen LogP contribution < -0.4 is 5.32 Å². The molecule has 3 aromatic rings. The van der Waals surface area contributed by atoms with E-state index in [0.717, 1.165) is 36.0 Å². The summed E-state index contributed by atoms with van der Waals surface area (Å²) in [7, 11) is 0. The van der Waals surface area contributed by atoms with Crippen LogP contribution in [0, 0.1) is 19.8 Å². The molecule has 2 aromatic carbocycles. The second-order valence-corrected chi connectivity index (χ2v) is 8.02. The number of nitrogens with one attached hydrogen (secondary N) is 1. The number of benzene rings is 2. The Bertz CT molecular complexity index is 887. The zero-order valence-corrected chi connectivity index (χ0v) is 16.3. The maximum absolute atomic E-state index is 4.51. The molecule has 27 heavy (non-hydrogen) atoms. The van der Waals surface area contributed by atoms with Crippen LogP contribution in [0.4, 0.5) is 5.69 Å². The van der Waals surface area contributed by atoms with Crippen molar-refractivity contribution in [2.45, 2.75) is 52.0 Å². The lowest BCUT2D eigenvalue weighted by Crippen LogP contribution is -2.41. The van der Waals surface area contributed by atoms with Gasteiger partial charge in [0.25, 0.3) is 0 Å². The molecule has 0 radical (unpaired) electrons. The number of anilines is 1. The predicted octanol–water partition coefficient (Wildman–Crippen LogP) is 4.80. The molecule has 0 amide bonds. The maximum Gasteiger partial charge on any atom is 0.181 e. The van der Waals surface area contributed by atoms with Gasteiger partial charge in [-0.05, 0) is 91.3 Å². The van der Waals surface area contributed by atoms with E-state index in [1.54, 1.807) is 0 Å². The third kappa shape index (κ3) is 3.59. The van der Waals surface area contributed by atoms with Gasteiger partial charge in [0.2, 0.25) is 0 Å². The third-order valence-corrected chi connectivity index (χ3v) is 5.63. The Hall–Kier alpha value is -2.69. The van der Waals surface area contributed by atoms with Crippen LogP contribution in [0.25, 0.3) is 5.69 Å². The Morgan fingerprint density at radius 1 is 1.00 bits per heavy atom. The molecule has 1 aromatic heterocycles. The quantitative estimate of drug-likeness (QED) is 0.725. The number of tetrazole rings is 1. The van der Waals surface area contributed by atoms with Gasteiger partial charge in [0.05, 0.1) is 11.2 Å². The molecule has 1 aliphatic rings. The minimum absolute atomic E-state index is 0.255. The average molecular weight is 361 g/mol. The van der Waals surface area contributed by atoms with Gasteiger partial charge in [0, 0.05) is 5.69 Å². The van der Waals surface area contributed by atoms with Gasteiger partial charge in [-0.15, -0.1) is 5.10 Å². The summed E-state index contributed by atoms with van der Waals surface area (Å²) in [6.07, 6.45) is 4.38. The van der Waals surface area contributed by atoms with E-state index in [9.17, 15) is 0 Å². The van der Waals surface area contributed by atoms with Crippen LogP contribution in [0.3, 0.4) is 0 Å². The second kappa shape index (κ2) is 7.14. The van der Waals surface area contributed by atoms with Crippen molar-refractivity contribution in [2.75, 3.05) is 5.32 Å². The number of aryl methyl sites for hydroxylation is 2. The number of nitrogens with zero attached hydrogens (tertiary/aromatic N) is 4. The Labute approximate surface area is 160 Å². The highest BCUT2D eigenvalue weighted by atomic mass is 15.6. The molecule has 0 spiro atoms. The van der Waals surface area contributed by atoms with E-state index in [4.69, 9.17) is 0 Å². The summed E-state index contributed by atoms with van der Waals surface area (Å²) in [5.41, 5.74) is 4.32. The van der Waals surface area contributed by atoms with Crippen LogP contribution in [-0.4, -0.2) is 20.2 Å². The SMILES string of the molecule is Cc1cc(C)cc(-n2nnnc2C2(Nc3ccccc3)CCC(C)CC2)c1. The van der Waals surface area contributed by atoms with Crippen molar-refractivity contribution >= 4 is 5.69 Å². The summed E-state index contributed by atoms with van der Waals surface area (Å²) in [5, 5.41) is 16.7. The number of rotatable bonds is 4. The molecule has 5 nitrogen and oxygen atoms in total. The standard InChI is InChI=1S/C22H27N5/c1-16-9-11-22(12-10-16,23-19-7-5-4-6-8-19)21-24-25-26-27(21)20-14-17(2)13-18(3)15-20/h4-8,13-16,23H,9-12H2,1-3H3. The van der Waals surface area contributed by atoms with Crippen LogP contribution in [0.15, 0.2) is 48.5 Å². The number of para-hydroxylation sites is 1. The molecule has 140 valence electrons. The fourth-order valence-electron chi connectivity index (χ4n) is 4.19. The van der Waals surface area contributed by atoms with Crippen LogP contribution in [0.1, 0.15) is 49.6 Å². The third-order valence-electron chi connectivity index (χ3n) is 5.63. The lowest BCUT2D eigenvalue weighted by Gasteiger charge is -2.39. The molecule has 0 aliphatic heterocycles. The van der Waals surface area contributed by atoms with E-state index >= 15 is 0 Å². The lowest BCUT2D eigenvalue weighted by molar-refractivity contribution is 0.255. The van der Waals surface area contributed by atoms with E-state index in [0.29, 0.717) is 0 Å². The largest absolute Gasteiger partial charge is 0.373 e. The fourth-order valence-corrected chi connectivity index (χ4v) is 4.19. The molecule has 1 heterocycles. The first kappa shape index (κ1) is 17.7. The highest BCUT2D eigenvalue weighted by Gasteiger charge is 2.40. The average Bonchev–Trinajstić information content (AvgIpc) is 3.15. The number of hydrogen-bond donors (Lipinski definition) is 1. The van der Waals surface area contributed by atoms with Crippen molar-refractivity contribution in [3.63, 3.8) is 0 Å². The monoisotopic (exact) mass is 361 g/mol. The van der Waals surface area contributed by atoms with Crippen LogP contribution in [-0.2, 0) is 5.54 Å². The first-order valence-electron chi connectivity index (χ1n) is 9.76. The van der Waals surface area contributed by atoms with Crippen molar-refractivity contribution in [3.8, 4) is 5.69 Å². The Kier molecular flexibility index (Phi) is 4.68. The van der Waals surface area contributed by atoms with Crippen molar-refractivity contribution in [2.24, 2.45) is 5.92 Å². The molecule has 4 rings (SSSR count). The first-order valence-corrected chi connectivity index (χ1v) is 9.76. The van der Waals surface area contributed by atoms with Gasteiger partial charge in [-0.3, -0.25) is 0 Å². The summed E-state index contributed by atoms with van der Waals surface area (Å²) < 4.78 is 1.92. The molecule has 1 fully saturated rings.